The summed E-state index contributed by atoms with van der Waals surface area (Å²) < 4.78 is 1.31. The number of aromatic amines is 1. The molecule has 1 unspecified atom stereocenters. The molecule has 96 valence electrons. The summed E-state index contributed by atoms with van der Waals surface area (Å²) in [6, 6.07) is 1.53. The number of hydrogen-bond donors (Lipinski definition) is 2. The summed E-state index contributed by atoms with van der Waals surface area (Å²) in [5, 5.41) is 11.8. The van der Waals surface area contributed by atoms with E-state index in [0.717, 1.165) is 25.2 Å². The quantitative estimate of drug-likeness (QED) is 0.746. The van der Waals surface area contributed by atoms with Gasteiger partial charge < -0.3 is 5.11 Å². The second kappa shape index (κ2) is 4.51. The van der Waals surface area contributed by atoms with Crippen LogP contribution in [0.5, 0.6) is 0 Å². The Morgan fingerprint density at radius 3 is 3.22 bits per heavy atom. The van der Waals surface area contributed by atoms with Gasteiger partial charge in [0.05, 0.1) is 5.69 Å². The zero-order valence-electron chi connectivity index (χ0n) is 9.91. The zero-order valence-corrected chi connectivity index (χ0v) is 9.91. The van der Waals surface area contributed by atoms with Crippen LogP contribution in [0.2, 0.25) is 0 Å². The maximum absolute atomic E-state index is 11.7. The molecule has 2 N–H and O–H groups in total. The molecule has 3 heterocycles. The molecule has 0 spiro atoms. The van der Waals surface area contributed by atoms with Gasteiger partial charge in [-0.3, -0.25) is 14.8 Å². The summed E-state index contributed by atoms with van der Waals surface area (Å²) in [6.07, 6.45) is 2.45. The van der Waals surface area contributed by atoms with E-state index in [-0.39, 0.29) is 12.2 Å². The van der Waals surface area contributed by atoms with Crippen LogP contribution >= 0.6 is 0 Å². The van der Waals surface area contributed by atoms with E-state index in [0.29, 0.717) is 18.2 Å². The zero-order chi connectivity index (χ0) is 12.5. The highest BCUT2D eigenvalue weighted by molar-refractivity contribution is 5.25. The van der Waals surface area contributed by atoms with Crippen molar-refractivity contribution in [2.45, 2.75) is 13.0 Å². The molecule has 1 fully saturated rings. The van der Waals surface area contributed by atoms with E-state index in [9.17, 15) is 4.79 Å². The van der Waals surface area contributed by atoms with Gasteiger partial charge in [-0.2, -0.15) is 4.52 Å². The second-order valence-electron chi connectivity index (χ2n) is 4.68. The lowest BCUT2D eigenvalue weighted by Crippen LogP contribution is -2.24. The fourth-order valence-corrected chi connectivity index (χ4v) is 2.38. The van der Waals surface area contributed by atoms with Crippen LogP contribution in [0.1, 0.15) is 12.1 Å². The van der Waals surface area contributed by atoms with Crippen molar-refractivity contribution in [3.8, 4) is 0 Å². The van der Waals surface area contributed by atoms with E-state index >= 15 is 0 Å². The van der Waals surface area contributed by atoms with Gasteiger partial charge in [0.2, 0.25) is 0 Å². The highest BCUT2D eigenvalue weighted by Gasteiger charge is 2.22. The number of nitrogens with one attached hydrogen (secondary N) is 1. The largest absolute Gasteiger partial charge is 0.396 e. The molecule has 1 atom stereocenters. The lowest BCUT2D eigenvalue weighted by atomic mass is 10.1. The molecule has 7 heteroatoms. The normalized spacial score (nSPS) is 20.8. The average Bonchev–Trinajstić information content (AvgIpc) is 2.97. The fraction of sp³-hybridized carbons (Fsp3) is 0.545. The number of nitrogens with zero attached hydrogens (tertiary/aromatic N) is 4. The minimum Gasteiger partial charge on any atom is -0.396 e. The van der Waals surface area contributed by atoms with Crippen LogP contribution in [0.4, 0.5) is 0 Å². The van der Waals surface area contributed by atoms with Crippen LogP contribution in [0, 0.1) is 5.92 Å². The van der Waals surface area contributed by atoms with E-state index in [2.05, 4.69) is 20.0 Å². The van der Waals surface area contributed by atoms with Crippen molar-refractivity contribution < 1.29 is 5.11 Å². The molecular formula is C11H15N5O2. The molecular weight excluding hydrogens is 234 g/mol. The predicted octanol–water partition coefficient (Wildman–Crippen LogP) is -0.768. The van der Waals surface area contributed by atoms with Crippen molar-refractivity contribution in [1.82, 2.24) is 24.5 Å². The van der Waals surface area contributed by atoms with Gasteiger partial charge in [-0.05, 0) is 18.9 Å². The number of aromatic nitrogens is 4. The number of likely N-dealkylation sites (tertiary alicyclic amines) is 1. The summed E-state index contributed by atoms with van der Waals surface area (Å²) in [5.41, 5.74) is 0.580. The first-order valence-corrected chi connectivity index (χ1v) is 6.01. The van der Waals surface area contributed by atoms with E-state index in [1.807, 2.05) is 0 Å². The Balaban J connectivity index is 1.81. The lowest BCUT2D eigenvalue weighted by molar-refractivity contribution is 0.219. The van der Waals surface area contributed by atoms with E-state index in [1.54, 1.807) is 0 Å². The molecule has 0 radical (unpaired) electrons. The Morgan fingerprint density at radius 2 is 2.44 bits per heavy atom. The number of aliphatic hydroxyl groups is 1. The molecule has 1 aliphatic rings. The number of rotatable bonds is 3. The van der Waals surface area contributed by atoms with Gasteiger partial charge in [0.1, 0.15) is 6.33 Å². The SMILES string of the molecule is O=c1cc(CN2CCC(CO)C2)nc2nc[nH]n12. The molecule has 3 rings (SSSR count). The molecule has 0 aromatic carbocycles. The monoisotopic (exact) mass is 249 g/mol. The smallest absolute Gasteiger partial charge is 0.274 e. The number of fused-ring (bicyclic) bond motifs is 1. The van der Waals surface area contributed by atoms with Crippen LogP contribution in [0.3, 0.4) is 0 Å². The average molecular weight is 249 g/mol. The summed E-state index contributed by atoms with van der Waals surface area (Å²) in [4.78, 5) is 22.3. The van der Waals surface area contributed by atoms with E-state index < -0.39 is 0 Å². The minimum atomic E-state index is -0.148. The van der Waals surface area contributed by atoms with Crippen LogP contribution in [-0.4, -0.2) is 49.3 Å². The third kappa shape index (κ3) is 2.02. The Bertz CT molecular complexity index is 605. The third-order valence-corrected chi connectivity index (χ3v) is 3.33. The Labute approximate surface area is 103 Å². The lowest BCUT2D eigenvalue weighted by Gasteiger charge is -2.14. The van der Waals surface area contributed by atoms with Gasteiger partial charge in [0.15, 0.2) is 0 Å². The molecule has 0 aliphatic carbocycles. The van der Waals surface area contributed by atoms with Crippen LogP contribution in [0.25, 0.3) is 5.78 Å². The molecule has 0 bridgehead atoms. The number of H-pyrrole nitrogens is 1. The van der Waals surface area contributed by atoms with Gasteiger partial charge >= 0.3 is 0 Å². The van der Waals surface area contributed by atoms with E-state index in [1.165, 1.54) is 16.9 Å². The van der Waals surface area contributed by atoms with Gasteiger partial charge in [0.25, 0.3) is 11.3 Å². The number of aliphatic hydroxyl groups excluding tert-OH is 1. The molecule has 0 saturated carbocycles. The van der Waals surface area contributed by atoms with E-state index in [4.69, 9.17) is 5.11 Å². The molecule has 2 aromatic rings. The van der Waals surface area contributed by atoms with Crippen LogP contribution < -0.4 is 5.56 Å². The maximum Gasteiger partial charge on any atom is 0.274 e. The third-order valence-electron chi connectivity index (χ3n) is 3.33. The minimum absolute atomic E-state index is 0.148. The Morgan fingerprint density at radius 1 is 1.56 bits per heavy atom. The molecule has 0 amide bonds. The van der Waals surface area contributed by atoms with Crippen molar-refractivity contribution in [2.24, 2.45) is 5.92 Å². The topological polar surface area (TPSA) is 86.5 Å². The highest BCUT2D eigenvalue weighted by atomic mass is 16.3. The predicted molar refractivity (Wildman–Crippen MR) is 64.1 cm³/mol. The Hall–Kier alpha value is -1.73. The molecule has 7 nitrogen and oxygen atoms in total. The van der Waals surface area contributed by atoms with Gasteiger partial charge in [-0.25, -0.2) is 9.97 Å². The molecule has 18 heavy (non-hydrogen) atoms. The summed E-state index contributed by atoms with van der Waals surface area (Å²) in [5.74, 6) is 0.746. The maximum atomic E-state index is 11.7. The Kier molecular flexibility index (Phi) is 2.85. The first-order chi connectivity index (χ1) is 8.76. The fourth-order valence-electron chi connectivity index (χ4n) is 2.38. The molecule has 2 aromatic heterocycles. The van der Waals surface area contributed by atoms with Crippen molar-refractivity contribution in [3.05, 3.63) is 28.4 Å². The number of hydrogen-bond acceptors (Lipinski definition) is 5. The molecule has 1 saturated heterocycles. The van der Waals surface area contributed by atoms with Gasteiger partial charge in [-0.15, -0.1) is 0 Å². The van der Waals surface area contributed by atoms with Crippen molar-refractivity contribution in [3.63, 3.8) is 0 Å². The van der Waals surface area contributed by atoms with Crippen molar-refractivity contribution in [1.29, 1.82) is 0 Å². The highest BCUT2D eigenvalue weighted by Crippen LogP contribution is 2.16. The van der Waals surface area contributed by atoms with Crippen LogP contribution in [0.15, 0.2) is 17.2 Å². The second-order valence-corrected chi connectivity index (χ2v) is 4.68. The van der Waals surface area contributed by atoms with Gasteiger partial charge in [-0.1, -0.05) is 0 Å². The van der Waals surface area contributed by atoms with Gasteiger partial charge in [0, 0.05) is 25.8 Å². The van der Waals surface area contributed by atoms with Crippen molar-refractivity contribution >= 4 is 5.78 Å². The molecule has 1 aliphatic heterocycles. The van der Waals surface area contributed by atoms with Crippen molar-refractivity contribution in [2.75, 3.05) is 19.7 Å². The first-order valence-electron chi connectivity index (χ1n) is 6.01. The standard InChI is InChI=1S/C11H15N5O2/c17-6-8-1-2-15(4-8)5-9-3-10(18)16-11(14-9)12-7-13-16/h3,7-8,17H,1-2,4-6H2,(H,12,13,14). The first kappa shape index (κ1) is 11.4. The summed E-state index contributed by atoms with van der Waals surface area (Å²) >= 11 is 0. The summed E-state index contributed by atoms with van der Waals surface area (Å²) in [7, 11) is 0. The van der Waals surface area contributed by atoms with Crippen LogP contribution in [-0.2, 0) is 6.54 Å². The summed E-state index contributed by atoms with van der Waals surface area (Å²) in [6.45, 7) is 2.66.